The molecule has 0 aliphatic carbocycles. The van der Waals surface area contributed by atoms with E-state index in [2.05, 4.69) is 9.97 Å². The van der Waals surface area contributed by atoms with Crippen molar-refractivity contribution in [1.29, 1.82) is 0 Å². The zero-order chi connectivity index (χ0) is 32.5. The molecule has 7 rings (SSSR count). The van der Waals surface area contributed by atoms with E-state index in [1.54, 1.807) is 6.07 Å². The lowest BCUT2D eigenvalue weighted by Crippen LogP contribution is -2.46. The number of phosphoric acid groups is 1. The van der Waals surface area contributed by atoms with Crippen molar-refractivity contribution in [3.05, 3.63) is 80.3 Å². The van der Waals surface area contributed by atoms with Crippen LogP contribution in [-0.2, 0) is 46.6 Å². The number of esters is 1. The topological polar surface area (TPSA) is 240 Å². The third-order valence-corrected chi connectivity index (χ3v) is 9.43. The number of cyclic esters (lactones) is 1. The highest BCUT2D eigenvalue weighted by molar-refractivity contribution is 7.47. The predicted molar refractivity (Wildman–Crippen MR) is 156 cm³/mol. The van der Waals surface area contributed by atoms with Crippen molar-refractivity contribution < 1.29 is 43.0 Å². The van der Waals surface area contributed by atoms with Crippen LogP contribution in [-0.4, -0.2) is 70.1 Å². The largest absolute Gasteiger partial charge is 0.473 e. The van der Waals surface area contributed by atoms with Gasteiger partial charge in [0.05, 0.1) is 35.6 Å². The van der Waals surface area contributed by atoms with E-state index in [4.69, 9.17) is 29.2 Å². The monoisotopic (exact) mass is 654 g/mol. The highest BCUT2D eigenvalue weighted by atomic mass is 31.2. The van der Waals surface area contributed by atoms with E-state index < -0.39 is 61.8 Å². The third-order valence-electron chi connectivity index (χ3n) is 8.41. The van der Waals surface area contributed by atoms with Gasteiger partial charge in [-0.05, 0) is 24.6 Å². The van der Waals surface area contributed by atoms with E-state index in [9.17, 15) is 34.1 Å². The molecule has 18 heteroatoms. The fraction of sp³-hybridized carbons (Fsp3) is 0.357. The van der Waals surface area contributed by atoms with Gasteiger partial charge in [0.15, 0.2) is 6.23 Å². The first-order valence-corrected chi connectivity index (χ1v) is 15.7. The smallest absolute Gasteiger partial charge is 0.458 e. The van der Waals surface area contributed by atoms with Crippen LogP contribution >= 0.6 is 7.82 Å². The van der Waals surface area contributed by atoms with E-state index in [0.29, 0.717) is 16.9 Å². The summed E-state index contributed by atoms with van der Waals surface area (Å²) in [6, 6.07) is 10.9. The van der Waals surface area contributed by atoms with Gasteiger partial charge in [0, 0.05) is 16.5 Å². The van der Waals surface area contributed by atoms with E-state index in [-0.39, 0.29) is 36.6 Å². The number of carbonyl (C=O) groups excluding carboxylic acids is 1. The second-order valence-corrected chi connectivity index (χ2v) is 12.4. The van der Waals surface area contributed by atoms with Crippen LogP contribution in [0.3, 0.4) is 0 Å². The number of fused-ring (bicyclic) bond motifs is 5. The van der Waals surface area contributed by atoms with Crippen molar-refractivity contribution in [2.24, 2.45) is 0 Å². The Morgan fingerprint density at radius 2 is 1.93 bits per heavy atom. The Balaban J connectivity index is 1.18. The number of aromatic nitrogens is 5. The number of para-hydroxylation sites is 1. The summed E-state index contributed by atoms with van der Waals surface area (Å²) < 4.78 is 37.2. The molecule has 6 atom stereocenters. The fourth-order valence-corrected chi connectivity index (χ4v) is 7.17. The molecule has 0 amide bonds. The van der Waals surface area contributed by atoms with Gasteiger partial charge in [-0.25, -0.2) is 24.1 Å². The average molecular weight is 655 g/mol. The van der Waals surface area contributed by atoms with Crippen molar-refractivity contribution in [2.75, 3.05) is 12.3 Å². The molecule has 5 N–H and O–H groups in total. The molecule has 3 aliphatic heterocycles. The number of rotatable bonds is 7. The molecule has 4 aromatic rings. The maximum absolute atomic E-state index is 13.7. The molecule has 3 aliphatic rings. The molecule has 1 saturated heterocycles. The maximum atomic E-state index is 13.7. The van der Waals surface area contributed by atoms with Gasteiger partial charge in [-0.3, -0.25) is 18.4 Å². The summed E-state index contributed by atoms with van der Waals surface area (Å²) in [5, 5.41) is 21.9. The van der Waals surface area contributed by atoms with Crippen molar-refractivity contribution in [3.8, 4) is 11.4 Å². The summed E-state index contributed by atoms with van der Waals surface area (Å²) in [6.07, 6.45) is -5.52. The molecule has 0 spiro atoms. The molecule has 0 bridgehead atoms. The number of aliphatic hydroxyl groups is 2. The van der Waals surface area contributed by atoms with Crippen LogP contribution in [0.2, 0.25) is 0 Å². The van der Waals surface area contributed by atoms with Crippen molar-refractivity contribution >= 4 is 30.6 Å². The predicted octanol–water partition coefficient (Wildman–Crippen LogP) is 0.0742. The lowest BCUT2D eigenvalue weighted by Gasteiger charge is -2.36. The molecule has 1 unspecified atom stereocenters. The summed E-state index contributed by atoms with van der Waals surface area (Å²) in [7, 11) is -5.18. The number of phosphoric ester groups is 1. The number of pyridine rings is 2. The second kappa shape index (κ2) is 10.9. The van der Waals surface area contributed by atoms with Gasteiger partial charge >= 0.3 is 19.5 Å². The highest BCUT2D eigenvalue weighted by Gasteiger charge is 2.53. The lowest BCUT2D eigenvalue weighted by molar-refractivity contribution is -0.171. The summed E-state index contributed by atoms with van der Waals surface area (Å²) in [4.78, 5) is 61.9. The van der Waals surface area contributed by atoms with E-state index in [1.807, 2.05) is 30.3 Å². The van der Waals surface area contributed by atoms with Gasteiger partial charge in [-0.2, -0.15) is 4.98 Å². The highest BCUT2D eigenvalue weighted by Crippen LogP contribution is 2.54. The lowest BCUT2D eigenvalue weighted by atomic mass is 9.86. The molecule has 3 aromatic heterocycles. The number of nitrogens with zero attached hydrogens (tertiary/aromatic N) is 5. The van der Waals surface area contributed by atoms with Crippen molar-refractivity contribution in [1.82, 2.24) is 24.1 Å². The van der Waals surface area contributed by atoms with Crippen LogP contribution in [0.4, 0.5) is 5.95 Å². The van der Waals surface area contributed by atoms with Gasteiger partial charge in [-0.1, -0.05) is 25.1 Å². The molecule has 46 heavy (non-hydrogen) atoms. The van der Waals surface area contributed by atoms with Crippen LogP contribution in [0.5, 0.6) is 0 Å². The average Bonchev–Trinajstić information content (AvgIpc) is 3.52. The molecule has 1 aromatic carbocycles. The van der Waals surface area contributed by atoms with Gasteiger partial charge in [0.25, 0.3) is 5.56 Å². The minimum absolute atomic E-state index is 0.0403. The number of anilines is 1. The number of benzene rings is 1. The number of carbonyl (C=O) groups is 1. The molecule has 6 heterocycles. The Labute approximate surface area is 258 Å². The summed E-state index contributed by atoms with van der Waals surface area (Å²) in [5.41, 5.74) is 4.29. The van der Waals surface area contributed by atoms with E-state index in [1.165, 1.54) is 11.5 Å². The van der Waals surface area contributed by atoms with Crippen LogP contribution in [0, 0.1) is 0 Å². The number of hydrogen-bond acceptors (Lipinski definition) is 14. The minimum atomic E-state index is -5.18. The Kier molecular flexibility index (Phi) is 7.17. The number of ether oxygens (including phenoxy) is 2. The third kappa shape index (κ3) is 4.75. The van der Waals surface area contributed by atoms with E-state index >= 15 is 0 Å². The zero-order valence-electron chi connectivity index (χ0n) is 24.0. The van der Waals surface area contributed by atoms with Crippen LogP contribution in [0.1, 0.15) is 36.3 Å². The number of hydrogen-bond donors (Lipinski definition) is 4. The van der Waals surface area contributed by atoms with E-state index in [0.717, 1.165) is 21.8 Å². The summed E-state index contributed by atoms with van der Waals surface area (Å²) in [6.45, 7) is 0.551. The van der Waals surface area contributed by atoms with Crippen LogP contribution in [0.15, 0.2) is 52.3 Å². The number of nitrogen functional groups attached to an aromatic ring is 1. The second-order valence-electron chi connectivity index (χ2n) is 11.1. The fourth-order valence-electron chi connectivity index (χ4n) is 6.08. The molecule has 17 nitrogen and oxygen atoms in total. The van der Waals surface area contributed by atoms with Gasteiger partial charge in [0.2, 0.25) is 11.5 Å². The standard InChI is InChI=1S/C28H27N6O11P/c1-2-28(45-46(40,41)43-11-19-21(35)22(36)24(44-19)34-12-30-26(29)32-27(34)39)16-8-18-20-14(7-13-5-3-4-6-17(13)31-20)9-33(18)23(37)15(16)10-42-25(28)38/h3-8,12,19,21-22,24,35-36H,2,9-11H2,1H3,(H,40,41)(H2,29,32,39)/t19-,21-,22-,24-,28+/m1/s1. The normalized spacial score (nSPS) is 26.3. The first-order valence-electron chi connectivity index (χ1n) is 14.2. The van der Waals surface area contributed by atoms with Gasteiger partial charge < -0.3 is 34.9 Å². The minimum Gasteiger partial charge on any atom is -0.458 e. The SMILES string of the molecule is CC[C@@]1(OP(=O)(O)OC[C@H]2O[C@@H](n3cnc(N)nc3=O)[C@H](O)[C@@H]2O)C(=O)OCc2c1cc1n(c2=O)Cc2cc3ccccc3nc2-1. The quantitative estimate of drug-likeness (QED) is 0.134. The number of aliphatic hydroxyl groups excluding tert-OH is 2. The Morgan fingerprint density at radius 3 is 2.70 bits per heavy atom. The number of nitrogens with two attached hydrogens (primary N) is 1. The van der Waals surface area contributed by atoms with Crippen molar-refractivity contribution in [3.63, 3.8) is 0 Å². The Bertz CT molecular complexity index is 2090. The maximum Gasteiger partial charge on any atom is 0.473 e. The molecule has 1 fully saturated rings. The molecular weight excluding hydrogens is 627 g/mol. The molecule has 0 saturated carbocycles. The van der Waals surface area contributed by atoms with Crippen LogP contribution < -0.4 is 17.0 Å². The Morgan fingerprint density at radius 1 is 1.15 bits per heavy atom. The Hall–Kier alpha value is -4.35. The zero-order valence-corrected chi connectivity index (χ0v) is 24.9. The summed E-state index contributed by atoms with van der Waals surface area (Å²) in [5.74, 6) is -1.33. The van der Waals surface area contributed by atoms with Crippen LogP contribution in [0.25, 0.3) is 22.3 Å². The molecule has 240 valence electrons. The first kappa shape index (κ1) is 30.3. The van der Waals surface area contributed by atoms with Gasteiger partial charge in [0.1, 0.15) is 31.2 Å². The summed E-state index contributed by atoms with van der Waals surface area (Å²) >= 11 is 0. The van der Waals surface area contributed by atoms with Crippen molar-refractivity contribution in [2.45, 2.75) is 56.6 Å². The molecular formula is C28H27N6O11P. The first-order chi connectivity index (χ1) is 21.9. The molecule has 0 radical (unpaired) electrons. The van der Waals surface area contributed by atoms with Gasteiger partial charge in [-0.15, -0.1) is 0 Å².